The van der Waals surface area contributed by atoms with E-state index >= 15 is 0 Å². The molecule has 3 atom stereocenters. The lowest BCUT2D eigenvalue weighted by Crippen LogP contribution is -2.54. The lowest BCUT2D eigenvalue weighted by Gasteiger charge is -2.25. The van der Waals surface area contributed by atoms with Gasteiger partial charge in [-0.15, -0.1) is 0 Å². The van der Waals surface area contributed by atoms with Gasteiger partial charge in [-0.2, -0.15) is 0 Å². The molecule has 0 aromatic heterocycles. The molecule has 1 rings (SSSR count). The van der Waals surface area contributed by atoms with E-state index in [1.54, 1.807) is 38.1 Å². The number of ether oxygens (including phenoxy) is 2. The quantitative estimate of drug-likeness (QED) is 0.0361. The van der Waals surface area contributed by atoms with Crippen molar-refractivity contribution >= 4 is 69.3 Å². The minimum Gasteiger partial charge on any atom is -0.480 e. The maximum absolute atomic E-state index is 13.4. The predicted octanol–water partition coefficient (Wildman–Crippen LogP) is 2.64. The summed E-state index contributed by atoms with van der Waals surface area (Å²) in [6, 6.07) is 2.67. The summed E-state index contributed by atoms with van der Waals surface area (Å²) in [7, 11) is 2.82. The van der Waals surface area contributed by atoms with Crippen molar-refractivity contribution < 1.29 is 52.9 Å². The Morgan fingerprint density at radius 2 is 1.55 bits per heavy atom. The number of carboxylic acid groups (broad SMARTS) is 1. The van der Waals surface area contributed by atoms with Gasteiger partial charge in [0.25, 0.3) is 0 Å². The summed E-state index contributed by atoms with van der Waals surface area (Å²) in [4.78, 5) is 101. The number of nitrogens with zero attached hydrogens (tertiary/aromatic N) is 2. The molecule has 19 heteroatoms. The number of benzene rings is 1. The number of alkyl halides is 1. The molecular weight excluding hydrogens is 798 g/mol. The van der Waals surface area contributed by atoms with Gasteiger partial charge in [-0.1, -0.05) is 48.5 Å². The molecule has 312 valence electrons. The molecule has 0 fully saturated rings. The van der Waals surface area contributed by atoms with Crippen LogP contribution in [-0.4, -0.2) is 120 Å². The van der Waals surface area contributed by atoms with E-state index in [0.29, 0.717) is 47.8 Å². The first kappa shape index (κ1) is 48.8. The molecule has 0 radical (unpaired) electrons. The normalized spacial score (nSPS) is 12.3. The Kier molecular flexibility index (Phi) is 22.5. The van der Waals surface area contributed by atoms with Gasteiger partial charge in [-0.05, 0) is 62.6 Å². The molecule has 1 aromatic carbocycles. The first-order valence-electron chi connectivity index (χ1n) is 18.2. The number of aliphatic carboxylic acids is 1. The van der Waals surface area contributed by atoms with Gasteiger partial charge >= 0.3 is 24.1 Å². The molecule has 0 bridgehead atoms. The number of primary amides is 1. The smallest absolute Gasteiger partial charge is 0.409 e. The van der Waals surface area contributed by atoms with Crippen LogP contribution in [0.2, 0.25) is 0 Å². The topological polar surface area (TPSA) is 256 Å². The first-order valence-corrected chi connectivity index (χ1v) is 19.3. The SMILES string of the molecule is C=C(CBr)C(=O)OCCCCCC(=O)N[C@H](C(=O)N[C@@H](CCCNC(N)=O)C(=O)Nc1ccc(COC(=O)N(C)CCC(=O)N(C)[C@@H](C)C(=O)O)cc1)C(C)C. The van der Waals surface area contributed by atoms with Gasteiger partial charge in [0.2, 0.25) is 23.6 Å². The number of anilines is 1. The van der Waals surface area contributed by atoms with E-state index in [1.165, 1.54) is 25.9 Å². The number of hydrogen-bond acceptors (Lipinski definition) is 10. The number of urea groups is 1. The van der Waals surface area contributed by atoms with Crippen LogP contribution in [-0.2, 0) is 44.8 Å². The van der Waals surface area contributed by atoms with Crippen molar-refractivity contribution in [1.29, 1.82) is 0 Å². The predicted molar refractivity (Wildman–Crippen MR) is 210 cm³/mol. The molecule has 0 aliphatic carbocycles. The number of carbonyl (C=O) groups excluding carboxylic acids is 7. The van der Waals surface area contributed by atoms with E-state index in [0.717, 1.165) is 4.90 Å². The fraction of sp³-hybridized carbons (Fsp3) is 0.568. The second-order valence-electron chi connectivity index (χ2n) is 13.4. The number of unbranched alkanes of at least 4 members (excludes halogenated alkanes) is 2. The summed E-state index contributed by atoms with van der Waals surface area (Å²) in [5.74, 6) is -3.85. The van der Waals surface area contributed by atoms with Gasteiger partial charge in [0.1, 0.15) is 24.7 Å². The fourth-order valence-corrected chi connectivity index (χ4v) is 5.03. The van der Waals surface area contributed by atoms with Crippen LogP contribution in [0.1, 0.15) is 71.3 Å². The summed E-state index contributed by atoms with van der Waals surface area (Å²) in [5, 5.41) is 20.1. The monoisotopic (exact) mass is 853 g/mol. The van der Waals surface area contributed by atoms with Crippen molar-refractivity contribution in [2.24, 2.45) is 11.7 Å². The Morgan fingerprint density at radius 3 is 2.14 bits per heavy atom. The van der Waals surface area contributed by atoms with Crippen molar-refractivity contribution in [1.82, 2.24) is 25.8 Å². The zero-order chi connectivity index (χ0) is 42.4. The second-order valence-corrected chi connectivity index (χ2v) is 14.0. The Bertz CT molecular complexity index is 1520. The lowest BCUT2D eigenvalue weighted by molar-refractivity contribution is -0.148. The third-order valence-electron chi connectivity index (χ3n) is 8.49. The average Bonchev–Trinajstić information content (AvgIpc) is 3.16. The highest BCUT2D eigenvalue weighted by atomic mass is 79.9. The van der Waals surface area contributed by atoms with Crippen LogP contribution < -0.4 is 27.0 Å². The molecule has 0 saturated heterocycles. The second kappa shape index (κ2) is 25.8. The number of nitrogens with one attached hydrogen (secondary N) is 4. The molecule has 7 amide bonds. The standard InChI is InChI=1S/C37H56BrN7O11/c1-23(2)31(43-29(46)12-8-7-9-20-55-35(52)24(3)21-38)33(49)42-28(11-10-18-40-36(39)53)32(48)41-27-15-13-26(14-16-27)22-56-37(54)44(5)19-17-30(47)45(6)25(4)34(50)51/h13-16,23,25,28,31H,3,7-12,17-22H2,1-2,4-6H3,(H,41,48)(H,42,49)(H,43,46)(H,50,51)(H3,39,40,53)/t25-,28-,31-/m0/s1. The van der Waals surface area contributed by atoms with Crippen LogP contribution in [0.25, 0.3) is 0 Å². The summed E-state index contributed by atoms with van der Waals surface area (Å²) < 4.78 is 10.4. The lowest BCUT2D eigenvalue weighted by atomic mass is 10.0. The summed E-state index contributed by atoms with van der Waals surface area (Å²) >= 11 is 3.14. The van der Waals surface area contributed by atoms with E-state index < -0.39 is 59.9 Å². The number of halogens is 1. The Balaban J connectivity index is 2.77. The third kappa shape index (κ3) is 18.9. The first-order chi connectivity index (χ1) is 26.4. The highest BCUT2D eigenvalue weighted by Gasteiger charge is 2.29. The largest absolute Gasteiger partial charge is 0.480 e. The Labute approximate surface area is 335 Å². The molecule has 1 aromatic rings. The van der Waals surface area contributed by atoms with Gasteiger partial charge in [0, 0.05) is 56.6 Å². The minimum absolute atomic E-state index is 0.0106. The molecule has 0 heterocycles. The zero-order valence-corrected chi connectivity index (χ0v) is 34.3. The van der Waals surface area contributed by atoms with Crippen molar-refractivity contribution in [2.75, 3.05) is 44.4 Å². The van der Waals surface area contributed by atoms with Crippen LogP contribution >= 0.6 is 15.9 Å². The van der Waals surface area contributed by atoms with Crippen molar-refractivity contribution in [3.8, 4) is 0 Å². The number of carboxylic acids is 1. The van der Waals surface area contributed by atoms with Crippen molar-refractivity contribution in [3.63, 3.8) is 0 Å². The van der Waals surface area contributed by atoms with Crippen LogP contribution in [0.5, 0.6) is 0 Å². The molecular formula is C37H56BrN7O11. The van der Waals surface area contributed by atoms with E-state index in [4.69, 9.17) is 20.3 Å². The highest BCUT2D eigenvalue weighted by molar-refractivity contribution is 9.09. The fourth-order valence-electron chi connectivity index (χ4n) is 4.80. The molecule has 0 spiro atoms. The van der Waals surface area contributed by atoms with E-state index in [-0.39, 0.29) is 57.4 Å². The number of likely N-dealkylation sites (N-methyl/N-ethyl adjacent to an activating group) is 1. The van der Waals surface area contributed by atoms with E-state index in [9.17, 15) is 38.4 Å². The van der Waals surface area contributed by atoms with Crippen molar-refractivity contribution in [2.45, 2.75) is 90.4 Å². The Morgan fingerprint density at radius 1 is 0.893 bits per heavy atom. The number of hydrogen-bond donors (Lipinski definition) is 6. The number of carbonyl (C=O) groups is 8. The average molecular weight is 855 g/mol. The summed E-state index contributed by atoms with van der Waals surface area (Å²) in [6.07, 6.45) is 1.45. The molecule has 0 aliphatic heterocycles. The third-order valence-corrected chi connectivity index (χ3v) is 9.16. The molecule has 0 unspecified atom stereocenters. The van der Waals surface area contributed by atoms with Gasteiger partial charge in [-0.25, -0.2) is 19.2 Å². The van der Waals surface area contributed by atoms with Crippen LogP contribution in [0.3, 0.4) is 0 Å². The number of amides is 7. The van der Waals surface area contributed by atoms with Gasteiger partial charge < -0.3 is 51.4 Å². The van der Waals surface area contributed by atoms with E-state index in [1.807, 2.05) is 0 Å². The minimum atomic E-state index is -1.14. The maximum Gasteiger partial charge on any atom is 0.409 e. The van der Waals surface area contributed by atoms with Gasteiger partial charge in [0.05, 0.1) is 6.61 Å². The molecule has 18 nitrogen and oxygen atoms in total. The summed E-state index contributed by atoms with van der Waals surface area (Å²) in [6.45, 7) is 8.74. The highest BCUT2D eigenvalue weighted by Crippen LogP contribution is 2.14. The maximum atomic E-state index is 13.4. The zero-order valence-electron chi connectivity index (χ0n) is 32.7. The van der Waals surface area contributed by atoms with Crippen LogP contribution in [0, 0.1) is 5.92 Å². The molecule has 0 aliphatic rings. The van der Waals surface area contributed by atoms with E-state index in [2.05, 4.69) is 43.8 Å². The number of nitrogens with two attached hydrogens (primary N) is 1. The summed E-state index contributed by atoms with van der Waals surface area (Å²) in [5.41, 5.74) is 6.43. The van der Waals surface area contributed by atoms with Crippen LogP contribution in [0.15, 0.2) is 36.4 Å². The van der Waals surface area contributed by atoms with Crippen molar-refractivity contribution in [3.05, 3.63) is 42.0 Å². The molecule has 0 saturated carbocycles. The van der Waals surface area contributed by atoms with Gasteiger partial charge in [-0.3, -0.25) is 19.2 Å². The Hall–Kier alpha value is -5.20. The number of rotatable bonds is 25. The number of esters is 1. The molecule has 56 heavy (non-hydrogen) atoms. The van der Waals surface area contributed by atoms with Gasteiger partial charge in [0.15, 0.2) is 0 Å². The molecule has 7 N–H and O–H groups in total. The van der Waals surface area contributed by atoms with Crippen LogP contribution in [0.4, 0.5) is 15.3 Å².